The van der Waals surface area contributed by atoms with Gasteiger partial charge in [0.1, 0.15) is 5.82 Å². The molecular formula is C15H25FN2O2S. The van der Waals surface area contributed by atoms with Crippen molar-refractivity contribution >= 4 is 10.0 Å². The molecule has 0 bridgehead atoms. The highest BCUT2D eigenvalue weighted by molar-refractivity contribution is 7.89. The summed E-state index contributed by atoms with van der Waals surface area (Å²) in [6.45, 7) is 9.28. The van der Waals surface area contributed by atoms with Gasteiger partial charge in [-0.1, -0.05) is 27.7 Å². The molecule has 0 spiro atoms. The quantitative estimate of drug-likeness (QED) is 0.775. The van der Waals surface area contributed by atoms with Gasteiger partial charge in [0.05, 0.1) is 4.90 Å². The highest BCUT2D eigenvalue weighted by Crippen LogP contribution is 2.20. The highest BCUT2D eigenvalue weighted by atomic mass is 32.2. The monoisotopic (exact) mass is 316 g/mol. The molecule has 6 heteroatoms. The van der Waals surface area contributed by atoms with Gasteiger partial charge in [-0.3, -0.25) is 0 Å². The maximum absolute atomic E-state index is 13.7. The summed E-state index contributed by atoms with van der Waals surface area (Å²) >= 11 is 0. The molecule has 0 saturated heterocycles. The van der Waals surface area contributed by atoms with Gasteiger partial charge in [-0.15, -0.1) is 0 Å². The van der Waals surface area contributed by atoms with Crippen LogP contribution in [-0.2, 0) is 16.6 Å². The van der Waals surface area contributed by atoms with Gasteiger partial charge in [0.25, 0.3) is 0 Å². The Morgan fingerprint density at radius 3 is 2.48 bits per heavy atom. The molecule has 120 valence electrons. The van der Waals surface area contributed by atoms with Crippen molar-refractivity contribution in [2.75, 3.05) is 13.1 Å². The minimum absolute atomic E-state index is 0.101. The molecule has 0 aliphatic heterocycles. The maximum Gasteiger partial charge on any atom is 0.240 e. The van der Waals surface area contributed by atoms with Crippen molar-refractivity contribution in [2.45, 2.75) is 45.6 Å². The van der Waals surface area contributed by atoms with E-state index in [1.807, 2.05) is 27.7 Å². The van der Waals surface area contributed by atoms with Gasteiger partial charge in [0.2, 0.25) is 10.0 Å². The third kappa shape index (κ3) is 5.37. The minimum atomic E-state index is -3.61. The molecule has 0 radical (unpaired) electrons. The summed E-state index contributed by atoms with van der Waals surface area (Å²) in [6.07, 6.45) is 0.866. The Morgan fingerprint density at radius 2 is 1.90 bits per heavy atom. The topological polar surface area (TPSA) is 58.2 Å². The molecule has 4 nitrogen and oxygen atoms in total. The van der Waals surface area contributed by atoms with Gasteiger partial charge in [0.15, 0.2) is 0 Å². The molecule has 1 aromatic rings. The summed E-state index contributed by atoms with van der Waals surface area (Å²) in [5.41, 5.74) is 0.245. The van der Waals surface area contributed by atoms with Crippen LogP contribution >= 0.6 is 0 Å². The maximum atomic E-state index is 13.7. The van der Waals surface area contributed by atoms with E-state index in [1.54, 1.807) is 0 Å². The molecule has 1 rings (SSSR count). The van der Waals surface area contributed by atoms with Gasteiger partial charge >= 0.3 is 0 Å². The number of rotatable bonds is 8. The predicted octanol–water partition coefficient (Wildman–Crippen LogP) is 2.65. The lowest BCUT2D eigenvalue weighted by Crippen LogP contribution is -2.33. The van der Waals surface area contributed by atoms with E-state index < -0.39 is 15.8 Å². The molecule has 0 aliphatic carbocycles. The van der Waals surface area contributed by atoms with E-state index in [0.717, 1.165) is 6.42 Å². The van der Waals surface area contributed by atoms with Crippen molar-refractivity contribution in [3.05, 3.63) is 29.6 Å². The predicted molar refractivity (Wildman–Crippen MR) is 83.0 cm³/mol. The highest BCUT2D eigenvalue weighted by Gasteiger charge is 2.21. The zero-order valence-corrected chi connectivity index (χ0v) is 14.0. The van der Waals surface area contributed by atoms with Crippen LogP contribution in [0, 0.1) is 11.2 Å². The van der Waals surface area contributed by atoms with Gasteiger partial charge in [-0.2, -0.15) is 0 Å². The smallest absolute Gasteiger partial charge is 0.240 e. The molecule has 21 heavy (non-hydrogen) atoms. The van der Waals surface area contributed by atoms with Crippen LogP contribution in [-0.4, -0.2) is 21.5 Å². The zero-order chi connectivity index (χ0) is 16.1. The molecule has 2 N–H and O–H groups in total. The molecule has 0 saturated carbocycles. The van der Waals surface area contributed by atoms with Crippen molar-refractivity contribution in [1.82, 2.24) is 10.0 Å². The van der Waals surface area contributed by atoms with Gasteiger partial charge < -0.3 is 5.32 Å². The first-order valence-electron chi connectivity index (χ1n) is 7.20. The van der Waals surface area contributed by atoms with Crippen LogP contribution in [0.3, 0.4) is 0 Å². The lowest BCUT2D eigenvalue weighted by atomic mass is 9.91. The van der Waals surface area contributed by atoms with Crippen molar-refractivity contribution in [3.8, 4) is 0 Å². The summed E-state index contributed by atoms with van der Waals surface area (Å²) in [5, 5.41) is 2.99. The summed E-state index contributed by atoms with van der Waals surface area (Å²) in [7, 11) is -3.61. The summed E-state index contributed by atoms with van der Waals surface area (Å²) in [6, 6.07) is 3.89. The number of hydrogen-bond acceptors (Lipinski definition) is 3. The summed E-state index contributed by atoms with van der Waals surface area (Å²) in [4.78, 5) is 0.101. The normalized spacial score (nSPS) is 12.6. The van der Waals surface area contributed by atoms with Crippen LogP contribution in [0.25, 0.3) is 0 Å². The van der Waals surface area contributed by atoms with Crippen molar-refractivity contribution in [2.24, 2.45) is 5.41 Å². The van der Waals surface area contributed by atoms with E-state index in [0.29, 0.717) is 25.2 Å². The van der Waals surface area contributed by atoms with Crippen molar-refractivity contribution < 1.29 is 12.8 Å². The summed E-state index contributed by atoms with van der Waals surface area (Å²) < 4.78 is 40.8. The second-order valence-electron chi connectivity index (χ2n) is 5.88. The number of benzene rings is 1. The number of halogens is 1. The largest absolute Gasteiger partial charge is 0.313 e. The number of hydrogen-bond donors (Lipinski definition) is 2. The Kier molecular flexibility index (Phi) is 6.31. The molecular weight excluding hydrogens is 291 g/mol. The molecule has 0 aliphatic rings. The first-order chi connectivity index (χ1) is 9.72. The van der Waals surface area contributed by atoms with Crippen LogP contribution < -0.4 is 10.0 Å². The lowest BCUT2D eigenvalue weighted by Gasteiger charge is -2.22. The van der Waals surface area contributed by atoms with Crippen LogP contribution in [0.15, 0.2) is 23.1 Å². The molecule has 1 aromatic carbocycles. The van der Waals surface area contributed by atoms with E-state index in [4.69, 9.17) is 0 Å². The Labute approximate surface area is 127 Å². The average molecular weight is 316 g/mol. The van der Waals surface area contributed by atoms with E-state index >= 15 is 0 Å². The number of sulfonamides is 1. The second-order valence-corrected chi connectivity index (χ2v) is 7.64. The molecule has 0 heterocycles. The number of nitrogens with one attached hydrogen (secondary N) is 2. The molecule has 0 amide bonds. The molecule has 0 aromatic heterocycles. The van der Waals surface area contributed by atoms with Crippen LogP contribution in [0.4, 0.5) is 4.39 Å². The molecule has 0 unspecified atom stereocenters. The fourth-order valence-corrected chi connectivity index (χ4v) is 2.90. The lowest BCUT2D eigenvalue weighted by molar-refractivity contribution is 0.350. The average Bonchev–Trinajstić information content (AvgIpc) is 2.44. The Bertz CT molecular complexity index is 571. The van der Waals surface area contributed by atoms with Crippen LogP contribution in [0.5, 0.6) is 0 Å². The third-order valence-electron chi connectivity index (χ3n) is 3.59. The fourth-order valence-electron chi connectivity index (χ4n) is 1.61. The van der Waals surface area contributed by atoms with Gasteiger partial charge in [-0.25, -0.2) is 17.5 Å². The van der Waals surface area contributed by atoms with E-state index in [1.165, 1.54) is 18.2 Å². The van der Waals surface area contributed by atoms with E-state index in [2.05, 4.69) is 10.0 Å². The van der Waals surface area contributed by atoms with Gasteiger partial charge in [-0.05, 0) is 36.6 Å². The SMILES string of the molecule is CCNCc1cc(S(=O)(=O)NCC(C)(C)CC)ccc1F. The first kappa shape index (κ1) is 18.1. The summed E-state index contributed by atoms with van der Waals surface area (Å²) in [5.74, 6) is -0.399. The Hall–Kier alpha value is -0.980. The van der Waals surface area contributed by atoms with Crippen LogP contribution in [0.2, 0.25) is 0 Å². The van der Waals surface area contributed by atoms with E-state index in [9.17, 15) is 12.8 Å². The first-order valence-corrected chi connectivity index (χ1v) is 8.69. The third-order valence-corrected chi connectivity index (χ3v) is 4.99. The second kappa shape index (κ2) is 7.33. The Balaban J connectivity index is 2.93. The van der Waals surface area contributed by atoms with Crippen LogP contribution in [0.1, 0.15) is 39.7 Å². The Morgan fingerprint density at radius 1 is 1.24 bits per heavy atom. The minimum Gasteiger partial charge on any atom is -0.313 e. The van der Waals surface area contributed by atoms with Crippen molar-refractivity contribution in [1.29, 1.82) is 0 Å². The molecule has 0 fully saturated rings. The fraction of sp³-hybridized carbons (Fsp3) is 0.600. The zero-order valence-electron chi connectivity index (χ0n) is 13.2. The standard InChI is InChI=1S/C15H25FN2O2S/c1-5-15(3,4)11-18-21(19,20)13-7-8-14(16)12(9-13)10-17-6-2/h7-9,17-18H,5-6,10-11H2,1-4H3. The van der Waals surface area contributed by atoms with Gasteiger partial charge in [0, 0.05) is 18.7 Å². The van der Waals surface area contributed by atoms with Crippen molar-refractivity contribution in [3.63, 3.8) is 0 Å². The van der Waals surface area contributed by atoms with E-state index in [-0.39, 0.29) is 10.3 Å². The molecule has 0 atom stereocenters.